The van der Waals surface area contributed by atoms with Gasteiger partial charge < -0.3 is 9.47 Å². The molecule has 0 spiro atoms. The Labute approximate surface area is 105 Å². The number of carbonyl (C=O) groups excluding carboxylic acids is 1. The fraction of sp³-hybridized carbons (Fsp3) is 0.900. The summed E-state index contributed by atoms with van der Waals surface area (Å²) in [5.41, 5.74) is 0. The second kappa shape index (κ2) is 5.94. The molecule has 0 aromatic rings. The van der Waals surface area contributed by atoms with E-state index in [1.54, 1.807) is 0 Å². The van der Waals surface area contributed by atoms with E-state index in [-0.39, 0.29) is 12.5 Å². The molecule has 18 heavy (non-hydrogen) atoms. The van der Waals surface area contributed by atoms with Crippen LogP contribution in [-0.4, -0.2) is 37.8 Å². The Balaban J connectivity index is 2.58. The number of rotatable bonds is 5. The predicted molar refractivity (Wildman–Crippen MR) is 59.9 cm³/mol. The molecule has 0 aliphatic heterocycles. The molecule has 0 radical (unpaired) electrons. The first-order valence-electron chi connectivity index (χ1n) is 5.69. The molecule has 1 rings (SSSR count). The number of methoxy groups -OCH3 is 1. The maximum Gasteiger partial charge on any atom is 0.433 e. The largest absolute Gasteiger partial charge is 0.460 e. The third kappa shape index (κ3) is 3.39. The standard InChI is InChI=1S/C10H17FO6S/c1-16-10(11,18(13,14)15)9(12)17-7-8-5-3-2-4-6-8/h8H,2-7H2,1H3,(H,13,14,15)/t10-/m1/s1. The Kier molecular flexibility index (Phi) is 5.06. The Morgan fingerprint density at radius 2 is 1.94 bits per heavy atom. The van der Waals surface area contributed by atoms with Gasteiger partial charge in [-0.1, -0.05) is 19.3 Å². The second-order valence-electron chi connectivity index (χ2n) is 4.32. The van der Waals surface area contributed by atoms with Gasteiger partial charge in [0.05, 0.1) is 6.61 Å². The topological polar surface area (TPSA) is 89.9 Å². The molecule has 0 amide bonds. The zero-order valence-electron chi connectivity index (χ0n) is 10.1. The Morgan fingerprint density at radius 1 is 1.39 bits per heavy atom. The van der Waals surface area contributed by atoms with Gasteiger partial charge in [-0.3, -0.25) is 4.55 Å². The van der Waals surface area contributed by atoms with Crippen molar-refractivity contribution in [2.24, 2.45) is 5.92 Å². The van der Waals surface area contributed by atoms with Crippen LogP contribution in [-0.2, 0) is 24.4 Å². The van der Waals surface area contributed by atoms with Gasteiger partial charge in [0.15, 0.2) is 0 Å². The minimum Gasteiger partial charge on any atom is -0.460 e. The highest BCUT2D eigenvalue weighted by atomic mass is 32.2. The SMILES string of the molecule is CO[C@](F)(C(=O)OCC1CCCCC1)S(=O)(=O)O. The van der Waals surface area contributed by atoms with Crippen molar-refractivity contribution in [3.63, 3.8) is 0 Å². The number of esters is 1. The van der Waals surface area contributed by atoms with Gasteiger partial charge in [-0.15, -0.1) is 0 Å². The predicted octanol–water partition coefficient (Wildman–Crippen LogP) is 1.27. The van der Waals surface area contributed by atoms with Crippen molar-refractivity contribution in [1.82, 2.24) is 0 Å². The second-order valence-corrected chi connectivity index (χ2v) is 5.79. The summed E-state index contributed by atoms with van der Waals surface area (Å²) in [4.78, 5) is 11.3. The highest BCUT2D eigenvalue weighted by Gasteiger charge is 2.54. The van der Waals surface area contributed by atoms with E-state index in [4.69, 9.17) is 4.55 Å². The molecule has 0 unspecified atom stereocenters. The number of carbonyl (C=O) groups is 1. The molecule has 0 heterocycles. The fourth-order valence-electron chi connectivity index (χ4n) is 1.93. The number of halogens is 1. The maximum absolute atomic E-state index is 13.6. The lowest BCUT2D eigenvalue weighted by molar-refractivity contribution is -0.177. The molecule has 1 N–H and O–H groups in total. The molecule has 6 nitrogen and oxygen atoms in total. The first kappa shape index (κ1) is 15.3. The van der Waals surface area contributed by atoms with Crippen LogP contribution in [0.15, 0.2) is 0 Å². The van der Waals surface area contributed by atoms with Crippen molar-refractivity contribution >= 4 is 16.1 Å². The third-order valence-electron chi connectivity index (χ3n) is 3.01. The molecular weight excluding hydrogens is 267 g/mol. The molecule has 1 fully saturated rings. The van der Waals surface area contributed by atoms with Crippen molar-refractivity contribution in [3.05, 3.63) is 0 Å². The van der Waals surface area contributed by atoms with Gasteiger partial charge in [0.25, 0.3) is 0 Å². The minimum atomic E-state index is -5.33. The van der Waals surface area contributed by atoms with E-state index in [2.05, 4.69) is 9.47 Å². The van der Waals surface area contributed by atoms with Crippen LogP contribution in [0.25, 0.3) is 0 Å². The average molecular weight is 284 g/mol. The highest BCUT2D eigenvalue weighted by Crippen LogP contribution is 2.26. The van der Waals surface area contributed by atoms with Crippen LogP contribution in [0.2, 0.25) is 0 Å². The van der Waals surface area contributed by atoms with Crippen molar-refractivity contribution in [3.8, 4) is 0 Å². The first-order chi connectivity index (χ1) is 8.31. The van der Waals surface area contributed by atoms with Crippen LogP contribution in [0.3, 0.4) is 0 Å². The number of hydrogen-bond donors (Lipinski definition) is 1. The summed E-state index contributed by atoms with van der Waals surface area (Å²) < 4.78 is 52.2. The average Bonchev–Trinajstić information content (AvgIpc) is 2.34. The monoisotopic (exact) mass is 284 g/mol. The van der Waals surface area contributed by atoms with Crippen LogP contribution in [0.5, 0.6) is 0 Å². The molecule has 1 atom stereocenters. The zero-order valence-corrected chi connectivity index (χ0v) is 10.9. The van der Waals surface area contributed by atoms with Gasteiger partial charge in [-0.2, -0.15) is 12.8 Å². The fourth-order valence-corrected chi connectivity index (χ4v) is 2.41. The lowest BCUT2D eigenvalue weighted by atomic mass is 9.90. The highest BCUT2D eigenvalue weighted by molar-refractivity contribution is 7.87. The first-order valence-corrected chi connectivity index (χ1v) is 7.13. The lowest BCUT2D eigenvalue weighted by Gasteiger charge is -2.23. The molecular formula is C10H17FO6S. The summed E-state index contributed by atoms with van der Waals surface area (Å²) in [6.45, 7) is -0.0661. The molecule has 0 saturated heterocycles. The summed E-state index contributed by atoms with van der Waals surface area (Å²) in [5.74, 6) is -1.64. The smallest absolute Gasteiger partial charge is 0.433 e. The van der Waals surface area contributed by atoms with Gasteiger partial charge in [-0.05, 0) is 18.8 Å². The number of alkyl halides is 1. The third-order valence-corrected chi connectivity index (χ3v) is 4.01. The zero-order chi connectivity index (χ0) is 13.8. The van der Waals surface area contributed by atoms with E-state index in [1.165, 1.54) is 0 Å². The van der Waals surface area contributed by atoms with E-state index in [0.717, 1.165) is 32.1 Å². The van der Waals surface area contributed by atoms with Gasteiger partial charge in [-0.25, -0.2) is 4.79 Å². The van der Waals surface area contributed by atoms with Crippen molar-refractivity contribution in [2.75, 3.05) is 13.7 Å². The molecule has 106 valence electrons. The molecule has 0 aromatic carbocycles. The molecule has 0 aromatic heterocycles. The van der Waals surface area contributed by atoms with Crippen LogP contribution in [0, 0.1) is 5.92 Å². The van der Waals surface area contributed by atoms with E-state index in [9.17, 15) is 17.6 Å². The van der Waals surface area contributed by atoms with Crippen molar-refractivity contribution < 1.29 is 31.6 Å². The van der Waals surface area contributed by atoms with Crippen LogP contribution in [0.1, 0.15) is 32.1 Å². The Hall–Kier alpha value is -0.730. The summed E-state index contributed by atoms with van der Waals surface area (Å²) in [6, 6.07) is 0. The Morgan fingerprint density at radius 3 is 2.39 bits per heavy atom. The van der Waals surface area contributed by atoms with Gasteiger partial charge >= 0.3 is 21.3 Å². The summed E-state index contributed by atoms with van der Waals surface area (Å²) >= 11 is 0. The maximum atomic E-state index is 13.6. The van der Waals surface area contributed by atoms with Gasteiger partial charge in [0, 0.05) is 7.11 Å². The van der Waals surface area contributed by atoms with E-state index >= 15 is 0 Å². The van der Waals surface area contributed by atoms with Crippen molar-refractivity contribution in [2.45, 2.75) is 37.3 Å². The van der Waals surface area contributed by atoms with E-state index in [1.807, 2.05) is 0 Å². The summed E-state index contributed by atoms with van der Waals surface area (Å²) in [7, 11) is -4.67. The summed E-state index contributed by atoms with van der Waals surface area (Å²) in [6.07, 6.45) is 4.83. The lowest BCUT2D eigenvalue weighted by Crippen LogP contribution is -2.45. The molecule has 1 aliphatic carbocycles. The van der Waals surface area contributed by atoms with Crippen LogP contribution < -0.4 is 0 Å². The number of hydrogen-bond acceptors (Lipinski definition) is 5. The van der Waals surface area contributed by atoms with Crippen LogP contribution >= 0.6 is 0 Å². The quantitative estimate of drug-likeness (QED) is 0.604. The van der Waals surface area contributed by atoms with Crippen molar-refractivity contribution in [1.29, 1.82) is 0 Å². The minimum absolute atomic E-state index is 0.0661. The van der Waals surface area contributed by atoms with Crippen LogP contribution in [0.4, 0.5) is 4.39 Å². The van der Waals surface area contributed by atoms with E-state index < -0.39 is 21.3 Å². The normalized spacial score (nSPS) is 21.3. The van der Waals surface area contributed by atoms with E-state index in [0.29, 0.717) is 7.11 Å². The van der Waals surface area contributed by atoms with Gasteiger partial charge in [0.1, 0.15) is 0 Å². The molecule has 1 aliphatic rings. The number of ether oxygens (including phenoxy) is 2. The Bertz CT molecular complexity index is 389. The van der Waals surface area contributed by atoms with Gasteiger partial charge in [0.2, 0.25) is 0 Å². The molecule has 0 bridgehead atoms. The molecule has 8 heteroatoms. The molecule has 1 saturated carbocycles. The summed E-state index contributed by atoms with van der Waals surface area (Å²) in [5, 5.41) is -3.85.